The van der Waals surface area contributed by atoms with Crippen LogP contribution >= 0.6 is 0 Å². The maximum Gasteiger partial charge on any atom is 0.273 e. The van der Waals surface area contributed by atoms with E-state index in [0.29, 0.717) is 30.2 Å². The van der Waals surface area contributed by atoms with Crippen molar-refractivity contribution in [3.05, 3.63) is 45.0 Å². The molecule has 0 saturated carbocycles. The SMILES string of the molecule is CC(=O)CCCn1[nH]c(=O)c2ccccc2c1=O. The molecule has 5 nitrogen and oxygen atoms in total. The topological polar surface area (TPSA) is 71.9 Å². The molecule has 0 unspecified atom stereocenters. The molecule has 0 atom stereocenters. The summed E-state index contributed by atoms with van der Waals surface area (Å²) in [5.74, 6) is 0.0752. The number of hydrogen-bond acceptors (Lipinski definition) is 3. The van der Waals surface area contributed by atoms with Gasteiger partial charge in [0, 0.05) is 13.0 Å². The van der Waals surface area contributed by atoms with Crippen molar-refractivity contribution in [2.24, 2.45) is 0 Å². The average molecular weight is 246 g/mol. The molecule has 1 heterocycles. The molecule has 0 aliphatic heterocycles. The van der Waals surface area contributed by atoms with E-state index < -0.39 is 0 Å². The fourth-order valence-corrected chi connectivity index (χ4v) is 1.89. The number of ketones is 1. The summed E-state index contributed by atoms with van der Waals surface area (Å²) < 4.78 is 1.27. The molecule has 1 aromatic heterocycles. The first kappa shape index (κ1) is 12.3. The van der Waals surface area contributed by atoms with Gasteiger partial charge in [0.15, 0.2) is 0 Å². The number of Topliss-reactive ketones (excluding diaryl/α,β-unsaturated/α-hetero) is 1. The number of aromatic nitrogens is 2. The lowest BCUT2D eigenvalue weighted by molar-refractivity contribution is -0.117. The summed E-state index contributed by atoms with van der Waals surface area (Å²) >= 11 is 0. The van der Waals surface area contributed by atoms with Gasteiger partial charge < -0.3 is 4.79 Å². The van der Waals surface area contributed by atoms with Gasteiger partial charge in [-0.3, -0.25) is 14.7 Å². The van der Waals surface area contributed by atoms with Crippen LogP contribution < -0.4 is 11.1 Å². The first-order valence-electron chi connectivity index (χ1n) is 5.81. The molecule has 1 aromatic carbocycles. The van der Waals surface area contributed by atoms with E-state index in [4.69, 9.17) is 0 Å². The first-order chi connectivity index (χ1) is 8.59. The number of hydrogen-bond donors (Lipinski definition) is 1. The summed E-state index contributed by atoms with van der Waals surface area (Å²) in [7, 11) is 0. The van der Waals surface area contributed by atoms with Crippen LogP contribution in [0.5, 0.6) is 0 Å². The van der Waals surface area contributed by atoms with Gasteiger partial charge in [-0.1, -0.05) is 12.1 Å². The van der Waals surface area contributed by atoms with Crippen LogP contribution in [0, 0.1) is 0 Å². The quantitative estimate of drug-likeness (QED) is 0.876. The zero-order valence-electron chi connectivity index (χ0n) is 10.1. The van der Waals surface area contributed by atoms with Gasteiger partial charge in [-0.25, -0.2) is 4.68 Å². The van der Waals surface area contributed by atoms with Gasteiger partial charge in [0.1, 0.15) is 5.78 Å². The second kappa shape index (κ2) is 5.00. The monoisotopic (exact) mass is 246 g/mol. The maximum absolute atomic E-state index is 12.1. The largest absolute Gasteiger partial charge is 0.300 e. The van der Waals surface area contributed by atoms with Crippen molar-refractivity contribution in [3.63, 3.8) is 0 Å². The summed E-state index contributed by atoms with van der Waals surface area (Å²) in [5.41, 5.74) is -0.512. The fourth-order valence-electron chi connectivity index (χ4n) is 1.89. The molecule has 0 saturated heterocycles. The molecule has 0 bridgehead atoms. The Hall–Kier alpha value is -2.17. The number of carbonyl (C=O) groups excluding carboxylic acids is 1. The summed E-state index contributed by atoms with van der Waals surface area (Å²) in [6.07, 6.45) is 0.949. The molecular formula is C13H14N2O3. The minimum atomic E-state index is -0.284. The Labute approximate surface area is 103 Å². The third kappa shape index (κ3) is 2.40. The number of nitrogens with one attached hydrogen (secondary N) is 1. The summed E-state index contributed by atoms with van der Waals surface area (Å²) in [4.78, 5) is 34.7. The Morgan fingerprint density at radius 3 is 2.56 bits per heavy atom. The highest BCUT2D eigenvalue weighted by atomic mass is 16.2. The van der Waals surface area contributed by atoms with Crippen molar-refractivity contribution < 1.29 is 4.79 Å². The Kier molecular flexibility index (Phi) is 3.41. The highest BCUT2D eigenvalue weighted by molar-refractivity contribution is 5.80. The normalized spacial score (nSPS) is 10.7. The minimum Gasteiger partial charge on any atom is -0.300 e. The van der Waals surface area contributed by atoms with Crippen molar-refractivity contribution in [2.45, 2.75) is 26.3 Å². The number of fused-ring (bicyclic) bond motifs is 1. The van der Waals surface area contributed by atoms with E-state index in [1.54, 1.807) is 24.3 Å². The number of carbonyl (C=O) groups is 1. The van der Waals surface area contributed by atoms with Gasteiger partial charge in [-0.2, -0.15) is 0 Å². The molecule has 5 heteroatoms. The third-order valence-electron chi connectivity index (χ3n) is 2.79. The van der Waals surface area contributed by atoms with E-state index in [1.165, 1.54) is 11.6 Å². The molecule has 0 fully saturated rings. The van der Waals surface area contributed by atoms with Crippen LogP contribution in [0.2, 0.25) is 0 Å². The average Bonchev–Trinajstić information content (AvgIpc) is 2.35. The zero-order valence-corrected chi connectivity index (χ0v) is 10.1. The number of aryl methyl sites for hydroxylation is 1. The molecule has 0 spiro atoms. The van der Waals surface area contributed by atoms with E-state index in [0.717, 1.165) is 0 Å². The van der Waals surface area contributed by atoms with Gasteiger partial charge in [-0.05, 0) is 25.5 Å². The molecule has 0 amide bonds. The summed E-state index contributed by atoms with van der Waals surface area (Å²) in [5, 5.41) is 3.33. The van der Waals surface area contributed by atoms with Crippen molar-refractivity contribution in [3.8, 4) is 0 Å². The standard InChI is InChI=1S/C13H14N2O3/c1-9(16)5-4-8-15-13(18)11-7-3-2-6-10(11)12(17)14-15/h2-3,6-7H,4-5,8H2,1H3,(H,14,17). The predicted octanol–water partition coefficient (Wildman–Crippen LogP) is 1.06. The summed E-state index contributed by atoms with van der Waals surface area (Å²) in [6.45, 7) is 1.85. The molecule has 0 aliphatic carbocycles. The van der Waals surface area contributed by atoms with Gasteiger partial charge in [0.05, 0.1) is 10.8 Å². The third-order valence-corrected chi connectivity index (χ3v) is 2.79. The lowest BCUT2D eigenvalue weighted by atomic mass is 10.2. The number of rotatable bonds is 4. The number of nitrogens with zero attached hydrogens (tertiary/aromatic N) is 1. The molecule has 18 heavy (non-hydrogen) atoms. The molecule has 0 radical (unpaired) electrons. The van der Waals surface area contributed by atoms with Crippen LogP contribution in [0.15, 0.2) is 33.9 Å². The maximum atomic E-state index is 12.1. The summed E-state index contributed by atoms with van der Waals surface area (Å²) in [6, 6.07) is 6.70. The minimum absolute atomic E-state index is 0.0752. The highest BCUT2D eigenvalue weighted by Gasteiger charge is 2.06. The van der Waals surface area contributed by atoms with Crippen molar-refractivity contribution >= 4 is 16.6 Å². The molecule has 94 valence electrons. The van der Waals surface area contributed by atoms with E-state index in [2.05, 4.69) is 5.10 Å². The number of benzene rings is 1. The lowest BCUT2D eigenvalue weighted by Crippen LogP contribution is -2.30. The van der Waals surface area contributed by atoms with Crippen LogP contribution in [0.25, 0.3) is 10.8 Å². The Balaban J connectivity index is 2.41. The Bertz CT molecular complexity index is 697. The molecule has 2 aromatic rings. The second-order valence-corrected chi connectivity index (χ2v) is 4.25. The second-order valence-electron chi connectivity index (χ2n) is 4.25. The zero-order chi connectivity index (χ0) is 13.1. The van der Waals surface area contributed by atoms with Crippen molar-refractivity contribution in [1.82, 2.24) is 9.78 Å². The van der Waals surface area contributed by atoms with Gasteiger partial charge >= 0.3 is 0 Å². The van der Waals surface area contributed by atoms with Gasteiger partial charge in [-0.15, -0.1) is 0 Å². The Morgan fingerprint density at radius 1 is 1.22 bits per heavy atom. The van der Waals surface area contributed by atoms with Crippen molar-refractivity contribution in [2.75, 3.05) is 0 Å². The smallest absolute Gasteiger partial charge is 0.273 e. The van der Waals surface area contributed by atoms with Crippen LogP contribution in [0.4, 0.5) is 0 Å². The predicted molar refractivity (Wildman–Crippen MR) is 68.7 cm³/mol. The number of aromatic amines is 1. The first-order valence-corrected chi connectivity index (χ1v) is 5.81. The molecular weight excluding hydrogens is 232 g/mol. The highest BCUT2D eigenvalue weighted by Crippen LogP contribution is 2.02. The van der Waals surface area contributed by atoms with E-state index in [-0.39, 0.29) is 16.9 Å². The van der Waals surface area contributed by atoms with E-state index >= 15 is 0 Å². The molecule has 2 rings (SSSR count). The number of H-pyrrole nitrogens is 1. The van der Waals surface area contributed by atoms with Crippen LogP contribution in [-0.2, 0) is 11.3 Å². The van der Waals surface area contributed by atoms with E-state index in [1.807, 2.05) is 0 Å². The van der Waals surface area contributed by atoms with Crippen molar-refractivity contribution in [1.29, 1.82) is 0 Å². The Morgan fingerprint density at radius 2 is 1.89 bits per heavy atom. The van der Waals surface area contributed by atoms with E-state index in [9.17, 15) is 14.4 Å². The lowest BCUT2D eigenvalue weighted by Gasteiger charge is -2.06. The van der Waals surface area contributed by atoms with Crippen LogP contribution in [-0.4, -0.2) is 15.6 Å². The fraction of sp³-hybridized carbons (Fsp3) is 0.308. The van der Waals surface area contributed by atoms with Gasteiger partial charge in [0.2, 0.25) is 0 Å². The van der Waals surface area contributed by atoms with Crippen LogP contribution in [0.1, 0.15) is 19.8 Å². The van der Waals surface area contributed by atoms with Crippen LogP contribution in [0.3, 0.4) is 0 Å². The molecule has 0 aliphatic rings. The molecule has 1 N–H and O–H groups in total. The van der Waals surface area contributed by atoms with Gasteiger partial charge in [0.25, 0.3) is 11.1 Å².